The fourth-order valence-corrected chi connectivity index (χ4v) is 5.00. The maximum absolute atomic E-state index is 15.8. The van der Waals surface area contributed by atoms with Crippen molar-refractivity contribution in [1.29, 1.82) is 0 Å². The highest BCUT2D eigenvalue weighted by molar-refractivity contribution is 7.12. The van der Waals surface area contributed by atoms with E-state index >= 15 is 8.78 Å². The first-order valence-electron chi connectivity index (χ1n) is 9.01. The van der Waals surface area contributed by atoms with Crippen LogP contribution >= 0.6 is 36.3 Å². The number of nitrogens with two attached hydrogens (primary N) is 2. The van der Waals surface area contributed by atoms with E-state index in [1.165, 1.54) is 0 Å². The van der Waals surface area contributed by atoms with Gasteiger partial charge < -0.3 is 20.6 Å². The third kappa shape index (κ3) is 3.07. The van der Waals surface area contributed by atoms with Gasteiger partial charge in [-0.1, -0.05) is 0 Å². The van der Waals surface area contributed by atoms with E-state index in [2.05, 4.69) is 9.80 Å². The number of fused-ring (bicyclic) bond motifs is 2. The molecule has 0 spiro atoms. The van der Waals surface area contributed by atoms with Crippen LogP contribution in [0.4, 0.5) is 20.2 Å². The molecule has 1 unspecified atom stereocenters. The van der Waals surface area contributed by atoms with Crippen molar-refractivity contribution in [2.75, 3.05) is 23.4 Å². The molecular weight excluding hydrogens is 461 g/mol. The molecule has 8 nitrogen and oxygen atoms in total. The van der Waals surface area contributed by atoms with Crippen LogP contribution < -0.4 is 32.9 Å². The molecule has 1 saturated carbocycles. The van der Waals surface area contributed by atoms with E-state index < -0.39 is 22.6 Å². The number of hydrazine groups is 1. The second-order valence-electron chi connectivity index (χ2n) is 7.36. The molecule has 2 aliphatic rings. The molecular formula is C17H20Cl2F2N6O2S. The van der Waals surface area contributed by atoms with Crippen molar-refractivity contribution in [2.24, 2.45) is 11.6 Å². The number of pyridine rings is 1. The number of nitrogens with one attached hydrogen (secondary N) is 2. The quantitative estimate of drug-likeness (QED) is 0.336. The lowest BCUT2D eigenvalue weighted by Gasteiger charge is -2.24. The van der Waals surface area contributed by atoms with Crippen molar-refractivity contribution >= 4 is 68.8 Å². The van der Waals surface area contributed by atoms with Crippen LogP contribution in [-0.4, -0.2) is 28.1 Å². The Balaban J connectivity index is 0.00000128. The minimum absolute atomic E-state index is 0. The molecule has 5 rings (SSSR count). The highest BCUT2D eigenvalue weighted by Gasteiger charge is 2.35. The molecule has 2 aromatic heterocycles. The number of nitrogen functional groups attached to an aromatic ring is 1. The minimum Gasteiger partial charge on any atom is -0.365 e. The molecule has 1 saturated heterocycles. The van der Waals surface area contributed by atoms with Gasteiger partial charge in [-0.2, -0.15) is 0 Å². The topological polar surface area (TPSA) is 122 Å². The van der Waals surface area contributed by atoms with E-state index in [-0.39, 0.29) is 64.6 Å². The summed E-state index contributed by atoms with van der Waals surface area (Å²) in [5, 5.41) is -0.344. The highest BCUT2D eigenvalue weighted by atomic mass is 35.5. The van der Waals surface area contributed by atoms with Gasteiger partial charge in [0.1, 0.15) is 21.6 Å². The maximum atomic E-state index is 15.8. The standard InChI is InChI=1S/C17H18F2N6O2S.2ClH/c18-10-12(22-21)8-13(11(19)14(10)24-4-3-6(20)5-24)25(7-1-2-7)17-9(15(8)26)16(27)23-28-17;;/h6-7,22H,1-5,20-21H2,(H,23,27);2*1H. The summed E-state index contributed by atoms with van der Waals surface area (Å²) in [5.41, 5.74) is 6.25. The number of rotatable bonds is 3. The van der Waals surface area contributed by atoms with Crippen LogP contribution in [0.15, 0.2) is 9.59 Å². The number of aromatic nitrogens is 2. The third-order valence-corrected chi connectivity index (χ3v) is 6.40. The molecule has 1 aromatic carbocycles. The number of H-pyrrole nitrogens is 1. The van der Waals surface area contributed by atoms with E-state index in [1.54, 1.807) is 9.47 Å². The highest BCUT2D eigenvalue weighted by Crippen LogP contribution is 2.44. The van der Waals surface area contributed by atoms with Crippen LogP contribution in [0.5, 0.6) is 0 Å². The van der Waals surface area contributed by atoms with Gasteiger partial charge in [-0.05, 0) is 30.8 Å². The first-order valence-corrected chi connectivity index (χ1v) is 9.83. The smallest absolute Gasteiger partial charge is 0.271 e. The molecule has 13 heteroatoms. The second kappa shape index (κ2) is 7.97. The molecule has 0 amide bonds. The van der Waals surface area contributed by atoms with Crippen LogP contribution in [0.3, 0.4) is 0 Å². The van der Waals surface area contributed by atoms with E-state index in [0.29, 0.717) is 24.3 Å². The molecule has 0 radical (unpaired) electrons. The molecule has 1 atom stereocenters. The fraction of sp³-hybridized carbons (Fsp3) is 0.412. The van der Waals surface area contributed by atoms with Gasteiger partial charge in [0.05, 0.1) is 10.9 Å². The van der Waals surface area contributed by atoms with Crippen molar-refractivity contribution in [3.05, 3.63) is 32.2 Å². The first-order chi connectivity index (χ1) is 13.4. The zero-order valence-corrected chi connectivity index (χ0v) is 18.0. The van der Waals surface area contributed by atoms with E-state index in [1.807, 2.05) is 0 Å². The monoisotopic (exact) mass is 480 g/mol. The van der Waals surface area contributed by atoms with Crippen molar-refractivity contribution in [3.63, 3.8) is 0 Å². The second-order valence-corrected chi connectivity index (χ2v) is 8.15. The van der Waals surface area contributed by atoms with Crippen molar-refractivity contribution < 1.29 is 8.78 Å². The molecule has 1 aliphatic heterocycles. The van der Waals surface area contributed by atoms with Gasteiger partial charge >= 0.3 is 0 Å². The molecule has 30 heavy (non-hydrogen) atoms. The molecule has 3 aromatic rings. The Hall–Kier alpha value is -1.92. The van der Waals surface area contributed by atoms with Crippen molar-refractivity contribution in [2.45, 2.75) is 31.3 Å². The maximum Gasteiger partial charge on any atom is 0.271 e. The largest absolute Gasteiger partial charge is 0.365 e. The summed E-state index contributed by atoms with van der Waals surface area (Å²) >= 11 is 0.983. The number of benzene rings is 1. The van der Waals surface area contributed by atoms with Crippen LogP contribution in [0.1, 0.15) is 25.3 Å². The molecule has 164 valence electrons. The SMILES string of the molecule is Cl.Cl.NNc1c(F)c(N2CCC(N)C2)c(F)c2c1c(=O)c1c(=O)[nH]sc1n2C1CC1. The zero-order valence-electron chi connectivity index (χ0n) is 15.5. The van der Waals surface area contributed by atoms with Gasteiger partial charge in [0, 0.05) is 25.2 Å². The van der Waals surface area contributed by atoms with Gasteiger partial charge in [-0.15, -0.1) is 24.8 Å². The van der Waals surface area contributed by atoms with Gasteiger partial charge in [0.25, 0.3) is 5.56 Å². The molecule has 2 fully saturated rings. The Morgan fingerprint density at radius 1 is 1.10 bits per heavy atom. The summed E-state index contributed by atoms with van der Waals surface area (Å²) in [6.07, 6.45) is 2.17. The fourth-order valence-electron chi connectivity index (χ4n) is 4.09. The van der Waals surface area contributed by atoms with Crippen LogP contribution in [0.25, 0.3) is 21.1 Å². The lowest BCUT2D eigenvalue weighted by Crippen LogP contribution is -2.29. The summed E-state index contributed by atoms with van der Waals surface area (Å²) in [6, 6.07) is -0.247. The van der Waals surface area contributed by atoms with Crippen molar-refractivity contribution in [1.82, 2.24) is 8.94 Å². The van der Waals surface area contributed by atoms with E-state index in [0.717, 1.165) is 24.4 Å². The van der Waals surface area contributed by atoms with Gasteiger partial charge in [-0.3, -0.25) is 19.8 Å². The lowest BCUT2D eigenvalue weighted by molar-refractivity contribution is 0.581. The molecule has 6 N–H and O–H groups in total. The van der Waals surface area contributed by atoms with Crippen LogP contribution in [0.2, 0.25) is 0 Å². The van der Waals surface area contributed by atoms with Crippen LogP contribution in [0, 0.1) is 11.6 Å². The zero-order chi connectivity index (χ0) is 19.7. The average Bonchev–Trinajstić information content (AvgIpc) is 3.30. The van der Waals surface area contributed by atoms with Crippen molar-refractivity contribution in [3.8, 4) is 0 Å². The summed E-state index contributed by atoms with van der Waals surface area (Å²) in [6.45, 7) is 0.703. The number of hydrogen-bond acceptors (Lipinski definition) is 7. The Morgan fingerprint density at radius 2 is 1.80 bits per heavy atom. The minimum atomic E-state index is -0.952. The number of halogens is 4. The predicted molar refractivity (Wildman–Crippen MR) is 120 cm³/mol. The van der Waals surface area contributed by atoms with E-state index in [4.69, 9.17) is 11.6 Å². The Bertz CT molecular complexity index is 1260. The lowest BCUT2D eigenvalue weighted by atomic mass is 10.1. The Labute approximate surface area is 185 Å². The first kappa shape index (κ1) is 22.8. The molecule has 1 aliphatic carbocycles. The molecule has 0 bridgehead atoms. The van der Waals surface area contributed by atoms with Gasteiger partial charge in [-0.25, -0.2) is 8.78 Å². The predicted octanol–water partition coefficient (Wildman–Crippen LogP) is 2.18. The van der Waals surface area contributed by atoms with Gasteiger partial charge in [0.2, 0.25) is 5.43 Å². The van der Waals surface area contributed by atoms with Crippen LogP contribution in [-0.2, 0) is 0 Å². The number of anilines is 2. The number of hydrogen-bond donors (Lipinski definition) is 4. The molecule has 3 heterocycles. The van der Waals surface area contributed by atoms with E-state index in [9.17, 15) is 9.59 Å². The Kier molecular flexibility index (Phi) is 6.04. The number of nitrogens with zero attached hydrogens (tertiary/aromatic N) is 2. The summed E-state index contributed by atoms with van der Waals surface area (Å²) in [7, 11) is 0. The summed E-state index contributed by atoms with van der Waals surface area (Å²) in [4.78, 5) is 27.2. The normalized spacial score (nSPS) is 18.5. The number of aromatic amines is 1. The third-order valence-electron chi connectivity index (χ3n) is 5.52. The Morgan fingerprint density at radius 3 is 2.37 bits per heavy atom. The average molecular weight is 481 g/mol. The summed E-state index contributed by atoms with van der Waals surface area (Å²) < 4.78 is 35.2. The summed E-state index contributed by atoms with van der Waals surface area (Å²) in [5.74, 6) is 3.76. The van der Waals surface area contributed by atoms with Gasteiger partial charge in [0.15, 0.2) is 11.6 Å².